The van der Waals surface area contributed by atoms with E-state index >= 15 is 0 Å². The lowest BCUT2D eigenvalue weighted by molar-refractivity contribution is 0.121. The van der Waals surface area contributed by atoms with Crippen LogP contribution in [0.3, 0.4) is 0 Å². The quantitative estimate of drug-likeness (QED) is 0.695. The molecule has 0 unspecified atom stereocenters. The molecule has 1 aliphatic heterocycles. The van der Waals surface area contributed by atoms with E-state index in [9.17, 15) is 4.79 Å². The van der Waals surface area contributed by atoms with Crippen LogP contribution in [0, 0.1) is 0 Å². The summed E-state index contributed by atoms with van der Waals surface area (Å²) in [6.07, 6.45) is 0.926. The van der Waals surface area contributed by atoms with Gasteiger partial charge in [-0.3, -0.25) is 0 Å². The second-order valence-electron chi connectivity index (χ2n) is 5.75. The Hall–Kier alpha value is -2.34. The Morgan fingerprint density at radius 3 is 2.78 bits per heavy atom. The summed E-state index contributed by atoms with van der Waals surface area (Å²) in [6, 6.07) is 7.56. The first-order valence-electron chi connectivity index (χ1n) is 8.04. The molecule has 2 aromatic heterocycles. The molecule has 0 atom stereocenters. The molecule has 4 rings (SSSR count). The predicted molar refractivity (Wildman–Crippen MR) is 89.1 cm³/mol. The van der Waals surface area contributed by atoms with E-state index in [1.807, 2.05) is 28.8 Å². The first-order chi connectivity index (χ1) is 11.3. The largest absolute Gasteiger partial charge is 0.421 e. The van der Waals surface area contributed by atoms with Crippen LogP contribution in [0.5, 0.6) is 0 Å². The fraction of sp³-hybridized carbons (Fsp3) is 0.412. The van der Waals surface area contributed by atoms with E-state index in [4.69, 9.17) is 14.1 Å². The topological polar surface area (TPSA) is 60.5 Å². The Kier molecular flexibility index (Phi) is 3.53. The van der Waals surface area contributed by atoms with Gasteiger partial charge in [0, 0.05) is 25.0 Å². The average Bonchev–Trinajstić information content (AvgIpc) is 2.97. The van der Waals surface area contributed by atoms with Gasteiger partial charge in [-0.25, -0.2) is 9.78 Å². The van der Waals surface area contributed by atoms with E-state index in [2.05, 4.69) is 11.8 Å². The maximum absolute atomic E-state index is 12.5. The maximum atomic E-state index is 12.5. The van der Waals surface area contributed by atoms with E-state index in [1.165, 1.54) is 0 Å². The molecule has 120 valence electrons. The molecular weight excluding hydrogens is 294 g/mol. The standard InChI is InChI=1S/C17H19N3O3/c1-2-7-20-15-14(18-17(20)19-8-10-22-11-9-19)12-5-3-4-6-13(12)23-16(15)21/h3-6H,2,7-11H2,1H3. The van der Waals surface area contributed by atoms with E-state index in [1.54, 1.807) is 0 Å². The zero-order chi connectivity index (χ0) is 15.8. The number of aromatic nitrogens is 2. The third-order valence-corrected chi connectivity index (χ3v) is 4.23. The van der Waals surface area contributed by atoms with Gasteiger partial charge in [0.2, 0.25) is 5.95 Å². The van der Waals surface area contributed by atoms with Crippen LogP contribution in [0.2, 0.25) is 0 Å². The van der Waals surface area contributed by atoms with Crippen LogP contribution < -0.4 is 10.5 Å². The summed E-state index contributed by atoms with van der Waals surface area (Å²) in [5, 5.41) is 0.881. The Balaban J connectivity index is 2.02. The Morgan fingerprint density at radius 2 is 2.00 bits per heavy atom. The van der Waals surface area contributed by atoms with Crippen molar-refractivity contribution in [1.82, 2.24) is 9.55 Å². The van der Waals surface area contributed by atoms with Crippen molar-refractivity contribution >= 4 is 28.0 Å². The van der Waals surface area contributed by atoms with E-state index in [0.29, 0.717) is 24.3 Å². The molecule has 0 aliphatic carbocycles. The monoisotopic (exact) mass is 313 g/mol. The van der Waals surface area contributed by atoms with Crippen molar-refractivity contribution in [2.24, 2.45) is 0 Å². The summed E-state index contributed by atoms with van der Waals surface area (Å²) in [5.41, 5.74) is 1.55. The van der Waals surface area contributed by atoms with Crippen LogP contribution in [0.25, 0.3) is 22.0 Å². The summed E-state index contributed by atoms with van der Waals surface area (Å²) in [7, 11) is 0. The summed E-state index contributed by atoms with van der Waals surface area (Å²) < 4.78 is 12.9. The smallest absolute Gasteiger partial charge is 0.362 e. The number of nitrogens with zero attached hydrogens (tertiary/aromatic N) is 3. The first-order valence-corrected chi connectivity index (χ1v) is 8.04. The number of rotatable bonds is 3. The molecule has 0 N–H and O–H groups in total. The minimum atomic E-state index is -0.320. The highest BCUT2D eigenvalue weighted by atomic mass is 16.5. The molecule has 3 heterocycles. The van der Waals surface area contributed by atoms with Gasteiger partial charge in [-0.2, -0.15) is 0 Å². The number of hydrogen-bond acceptors (Lipinski definition) is 5. The fourth-order valence-corrected chi connectivity index (χ4v) is 3.18. The normalized spacial score (nSPS) is 15.6. The highest BCUT2D eigenvalue weighted by Crippen LogP contribution is 2.27. The van der Waals surface area contributed by atoms with Crippen molar-refractivity contribution in [3.8, 4) is 0 Å². The van der Waals surface area contributed by atoms with Gasteiger partial charge in [0.1, 0.15) is 11.1 Å². The number of ether oxygens (including phenoxy) is 1. The van der Waals surface area contributed by atoms with Crippen LogP contribution in [0.4, 0.5) is 5.95 Å². The summed E-state index contributed by atoms with van der Waals surface area (Å²) in [5.74, 6) is 0.841. The number of fused-ring (bicyclic) bond motifs is 3. The van der Waals surface area contributed by atoms with E-state index < -0.39 is 0 Å². The molecule has 1 saturated heterocycles. The van der Waals surface area contributed by atoms with Gasteiger partial charge < -0.3 is 18.6 Å². The highest BCUT2D eigenvalue weighted by molar-refractivity contribution is 6.01. The molecule has 1 fully saturated rings. The number of imidazole rings is 1. The number of para-hydroxylation sites is 1. The summed E-state index contributed by atoms with van der Waals surface area (Å²) >= 11 is 0. The second-order valence-corrected chi connectivity index (χ2v) is 5.75. The molecule has 3 aromatic rings. The first kappa shape index (κ1) is 14.3. The van der Waals surface area contributed by atoms with Crippen LogP contribution in [0.15, 0.2) is 33.5 Å². The van der Waals surface area contributed by atoms with Crippen LogP contribution in [0.1, 0.15) is 13.3 Å². The van der Waals surface area contributed by atoms with Crippen LogP contribution >= 0.6 is 0 Å². The summed E-state index contributed by atoms with van der Waals surface area (Å²) in [4.78, 5) is 19.5. The minimum Gasteiger partial charge on any atom is -0.421 e. The van der Waals surface area contributed by atoms with E-state index in [-0.39, 0.29) is 5.63 Å². The molecular formula is C17H19N3O3. The lowest BCUT2D eigenvalue weighted by Gasteiger charge is -2.28. The number of benzene rings is 1. The third-order valence-electron chi connectivity index (χ3n) is 4.23. The third kappa shape index (κ3) is 2.30. The number of anilines is 1. The Morgan fingerprint density at radius 1 is 1.22 bits per heavy atom. The van der Waals surface area contributed by atoms with Gasteiger partial charge in [0.15, 0.2) is 5.52 Å². The molecule has 1 aromatic carbocycles. The van der Waals surface area contributed by atoms with Gasteiger partial charge >= 0.3 is 5.63 Å². The highest BCUT2D eigenvalue weighted by Gasteiger charge is 2.22. The SMILES string of the molecule is CCCn1c(N2CCOCC2)nc2c3ccccc3oc(=O)c21. The Labute approximate surface area is 133 Å². The maximum Gasteiger partial charge on any atom is 0.362 e. The lowest BCUT2D eigenvalue weighted by atomic mass is 10.2. The molecule has 0 bridgehead atoms. The average molecular weight is 313 g/mol. The van der Waals surface area contributed by atoms with E-state index in [0.717, 1.165) is 42.9 Å². The Bertz CT molecular complexity index is 906. The van der Waals surface area contributed by atoms with Crippen molar-refractivity contribution in [3.63, 3.8) is 0 Å². The molecule has 6 nitrogen and oxygen atoms in total. The molecule has 0 spiro atoms. The zero-order valence-electron chi connectivity index (χ0n) is 13.1. The lowest BCUT2D eigenvalue weighted by Crippen LogP contribution is -2.38. The van der Waals surface area contributed by atoms with Gasteiger partial charge in [0.05, 0.1) is 13.2 Å². The molecule has 23 heavy (non-hydrogen) atoms. The van der Waals surface area contributed by atoms with Crippen molar-refractivity contribution in [3.05, 3.63) is 34.7 Å². The van der Waals surface area contributed by atoms with Crippen LogP contribution in [-0.4, -0.2) is 35.9 Å². The molecule has 1 aliphatic rings. The fourth-order valence-electron chi connectivity index (χ4n) is 3.18. The second kappa shape index (κ2) is 5.70. The van der Waals surface area contributed by atoms with Crippen molar-refractivity contribution in [2.75, 3.05) is 31.2 Å². The van der Waals surface area contributed by atoms with Crippen molar-refractivity contribution < 1.29 is 9.15 Å². The van der Waals surface area contributed by atoms with Gasteiger partial charge in [0.25, 0.3) is 0 Å². The number of aryl methyl sites for hydroxylation is 1. The van der Waals surface area contributed by atoms with Crippen molar-refractivity contribution in [1.29, 1.82) is 0 Å². The number of morpholine rings is 1. The van der Waals surface area contributed by atoms with Crippen LogP contribution in [-0.2, 0) is 11.3 Å². The molecule has 0 amide bonds. The van der Waals surface area contributed by atoms with Gasteiger partial charge in [-0.05, 0) is 18.6 Å². The molecule has 6 heteroatoms. The van der Waals surface area contributed by atoms with Gasteiger partial charge in [-0.15, -0.1) is 0 Å². The summed E-state index contributed by atoms with van der Waals surface area (Å²) in [6.45, 7) is 5.78. The zero-order valence-corrected chi connectivity index (χ0v) is 13.1. The number of hydrogen-bond donors (Lipinski definition) is 0. The molecule has 0 radical (unpaired) electrons. The van der Waals surface area contributed by atoms with Gasteiger partial charge in [-0.1, -0.05) is 19.1 Å². The predicted octanol–water partition coefficient (Wildman–Crippen LogP) is 2.39. The molecule has 0 saturated carbocycles. The van der Waals surface area contributed by atoms with Crippen molar-refractivity contribution in [2.45, 2.75) is 19.9 Å². The minimum absolute atomic E-state index is 0.320.